The fourth-order valence-electron chi connectivity index (χ4n) is 1.79. The first-order valence-corrected chi connectivity index (χ1v) is 5.85. The van der Waals surface area contributed by atoms with Gasteiger partial charge in [0, 0.05) is 19.9 Å². The summed E-state index contributed by atoms with van der Waals surface area (Å²) in [6.07, 6.45) is -0.359. The number of hydrogen-bond acceptors (Lipinski definition) is 4. The minimum absolute atomic E-state index is 0.328. The normalized spacial score (nSPS) is 10.9. The smallest absolute Gasteiger partial charge is 0.341 e. The highest BCUT2D eigenvalue weighted by Crippen LogP contribution is 2.16. The molecule has 7 heteroatoms. The summed E-state index contributed by atoms with van der Waals surface area (Å²) >= 11 is 0. The van der Waals surface area contributed by atoms with Crippen LogP contribution in [0.5, 0.6) is 0 Å². The van der Waals surface area contributed by atoms with E-state index in [1.807, 2.05) is 5.32 Å². The van der Waals surface area contributed by atoms with Gasteiger partial charge in [0.15, 0.2) is 0 Å². The Morgan fingerprint density at radius 3 is 1.90 bits per heavy atom. The van der Waals surface area contributed by atoms with Crippen LogP contribution in [0.2, 0.25) is 0 Å². The van der Waals surface area contributed by atoms with Crippen LogP contribution in [-0.2, 0) is 27.3 Å². The number of nitrogens with two attached hydrogens (primary N) is 1. The molecular weight excluding hydrogens is 264 g/mol. The Kier molecular flexibility index (Phi) is 4.82. The van der Waals surface area contributed by atoms with Gasteiger partial charge in [0.05, 0.1) is 0 Å². The van der Waals surface area contributed by atoms with Crippen molar-refractivity contribution in [1.29, 1.82) is 0 Å². The summed E-state index contributed by atoms with van der Waals surface area (Å²) in [4.78, 5) is 33.7. The molecule has 108 valence electrons. The van der Waals surface area contributed by atoms with E-state index in [2.05, 4.69) is 0 Å². The number of carbonyl (C=O) groups excluding carboxylic acids is 1. The summed E-state index contributed by atoms with van der Waals surface area (Å²) in [6.45, 7) is 1.40. The number of aliphatic carboxylic acids is 2. The second-order valence-corrected chi connectivity index (χ2v) is 4.39. The van der Waals surface area contributed by atoms with Gasteiger partial charge in [-0.2, -0.15) is 0 Å². The van der Waals surface area contributed by atoms with E-state index in [1.165, 1.54) is 0 Å². The molecule has 0 aliphatic heterocycles. The van der Waals surface area contributed by atoms with Crippen molar-refractivity contribution in [2.24, 2.45) is 5.73 Å². The molecule has 1 amide bonds. The summed E-state index contributed by atoms with van der Waals surface area (Å²) in [7, 11) is 0. The lowest BCUT2D eigenvalue weighted by Crippen LogP contribution is -2.61. The quantitative estimate of drug-likeness (QED) is 0.531. The third-order valence-electron chi connectivity index (χ3n) is 2.85. The second-order valence-electron chi connectivity index (χ2n) is 4.39. The van der Waals surface area contributed by atoms with Gasteiger partial charge in [0.2, 0.25) is 11.4 Å². The molecule has 1 rings (SSSR count). The standard InChI is InChI=1S/C13H16N2O5/c1-8(16)15-13(11(17)18,12(19)20)6-9-2-4-10(7-14)5-3-9/h2-5H,6-7,14H2,1H3,(H,15,16)(H,17,18)(H,19,20). The number of benzene rings is 1. The van der Waals surface area contributed by atoms with Crippen LogP contribution < -0.4 is 11.1 Å². The topological polar surface area (TPSA) is 130 Å². The van der Waals surface area contributed by atoms with Crippen molar-refractivity contribution in [3.8, 4) is 0 Å². The average molecular weight is 280 g/mol. The van der Waals surface area contributed by atoms with Crippen molar-refractivity contribution in [1.82, 2.24) is 5.32 Å². The van der Waals surface area contributed by atoms with E-state index in [-0.39, 0.29) is 6.42 Å². The van der Waals surface area contributed by atoms with E-state index in [0.29, 0.717) is 12.1 Å². The molecule has 0 spiro atoms. The molecule has 20 heavy (non-hydrogen) atoms. The van der Waals surface area contributed by atoms with Crippen LogP contribution in [-0.4, -0.2) is 33.6 Å². The average Bonchev–Trinajstić information content (AvgIpc) is 2.37. The number of nitrogens with one attached hydrogen (secondary N) is 1. The molecule has 0 saturated heterocycles. The molecule has 0 atom stereocenters. The van der Waals surface area contributed by atoms with E-state index in [0.717, 1.165) is 12.5 Å². The SMILES string of the molecule is CC(=O)NC(Cc1ccc(CN)cc1)(C(=O)O)C(=O)O. The molecule has 1 aromatic carbocycles. The highest BCUT2D eigenvalue weighted by molar-refractivity contribution is 6.06. The van der Waals surface area contributed by atoms with Crippen LogP contribution >= 0.6 is 0 Å². The molecule has 7 nitrogen and oxygen atoms in total. The maximum Gasteiger partial charge on any atom is 0.341 e. The summed E-state index contributed by atoms with van der Waals surface area (Å²) < 4.78 is 0. The van der Waals surface area contributed by atoms with E-state index >= 15 is 0 Å². The van der Waals surface area contributed by atoms with Gasteiger partial charge in [0.25, 0.3) is 0 Å². The predicted octanol–water partition coefficient (Wildman–Crippen LogP) is -0.268. The van der Waals surface area contributed by atoms with E-state index in [9.17, 15) is 24.6 Å². The molecule has 0 bridgehead atoms. The van der Waals surface area contributed by atoms with Crippen molar-refractivity contribution in [2.45, 2.75) is 25.4 Å². The summed E-state index contributed by atoms with van der Waals surface area (Å²) in [5.74, 6) is -3.97. The van der Waals surface area contributed by atoms with E-state index in [4.69, 9.17) is 5.73 Å². The lowest BCUT2D eigenvalue weighted by molar-refractivity contribution is -0.161. The first-order valence-electron chi connectivity index (χ1n) is 5.85. The molecular formula is C13H16N2O5. The molecule has 1 aromatic rings. The number of carboxylic acid groups (broad SMARTS) is 2. The van der Waals surface area contributed by atoms with Gasteiger partial charge in [-0.3, -0.25) is 4.79 Å². The van der Waals surface area contributed by atoms with Crippen LogP contribution in [0.3, 0.4) is 0 Å². The third kappa shape index (κ3) is 3.33. The summed E-state index contributed by atoms with van der Waals surface area (Å²) in [5.41, 5.74) is 4.38. The first-order chi connectivity index (χ1) is 9.31. The predicted molar refractivity (Wildman–Crippen MR) is 69.9 cm³/mol. The largest absolute Gasteiger partial charge is 0.479 e. The Morgan fingerprint density at radius 1 is 1.10 bits per heavy atom. The Balaban J connectivity index is 3.13. The van der Waals surface area contributed by atoms with Gasteiger partial charge in [-0.1, -0.05) is 24.3 Å². The second kappa shape index (κ2) is 6.16. The molecule has 0 fully saturated rings. The lowest BCUT2D eigenvalue weighted by Gasteiger charge is -2.25. The first kappa shape index (κ1) is 15.6. The number of carbonyl (C=O) groups is 3. The fraction of sp³-hybridized carbons (Fsp3) is 0.308. The Hall–Kier alpha value is -2.41. The Labute approximate surface area is 115 Å². The van der Waals surface area contributed by atoms with Crippen LogP contribution in [0.4, 0.5) is 0 Å². The van der Waals surface area contributed by atoms with Crippen molar-refractivity contribution in [2.75, 3.05) is 0 Å². The van der Waals surface area contributed by atoms with Crippen molar-refractivity contribution in [3.63, 3.8) is 0 Å². The molecule has 5 N–H and O–H groups in total. The molecule has 0 heterocycles. The lowest BCUT2D eigenvalue weighted by atomic mass is 9.90. The molecule has 0 unspecified atom stereocenters. The molecule has 0 aromatic heterocycles. The summed E-state index contributed by atoms with van der Waals surface area (Å²) in [6, 6.07) is 6.53. The zero-order valence-electron chi connectivity index (χ0n) is 10.9. The van der Waals surface area contributed by atoms with Crippen molar-refractivity contribution in [3.05, 3.63) is 35.4 Å². The van der Waals surface area contributed by atoms with Gasteiger partial charge < -0.3 is 21.3 Å². The van der Waals surface area contributed by atoms with Crippen LogP contribution in [0.15, 0.2) is 24.3 Å². The highest BCUT2D eigenvalue weighted by Gasteiger charge is 2.47. The zero-order valence-corrected chi connectivity index (χ0v) is 10.9. The van der Waals surface area contributed by atoms with E-state index < -0.39 is 23.4 Å². The van der Waals surface area contributed by atoms with Crippen LogP contribution in [0.1, 0.15) is 18.1 Å². The van der Waals surface area contributed by atoms with Gasteiger partial charge >= 0.3 is 11.9 Å². The minimum atomic E-state index is -2.38. The van der Waals surface area contributed by atoms with Crippen molar-refractivity contribution < 1.29 is 24.6 Å². The number of amides is 1. The zero-order chi connectivity index (χ0) is 15.3. The maximum absolute atomic E-state index is 11.3. The van der Waals surface area contributed by atoms with Gasteiger partial charge in [0.1, 0.15) is 0 Å². The monoisotopic (exact) mass is 280 g/mol. The van der Waals surface area contributed by atoms with Crippen molar-refractivity contribution >= 4 is 17.8 Å². The fourth-order valence-corrected chi connectivity index (χ4v) is 1.79. The summed E-state index contributed by atoms with van der Waals surface area (Å²) in [5, 5.41) is 20.4. The van der Waals surface area contributed by atoms with Crippen LogP contribution in [0.25, 0.3) is 0 Å². The van der Waals surface area contributed by atoms with Gasteiger partial charge in [-0.25, -0.2) is 9.59 Å². The Bertz CT molecular complexity index is 510. The van der Waals surface area contributed by atoms with Gasteiger partial charge in [-0.15, -0.1) is 0 Å². The highest BCUT2D eigenvalue weighted by atomic mass is 16.4. The van der Waals surface area contributed by atoms with Gasteiger partial charge in [-0.05, 0) is 11.1 Å². The number of hydrogen-bond donors (Lipinski definition) is 4. The van der Waals surface area contributed by atoms with E-state index in [1.54, 1.807) is 24.3 Å². The Morgan fingerprint density at radius 2 is 1.55 bits per heavy atom. The molecule has 0 saturated carbocycles. The molecule has 0 aliphatic carbocycles. The molecule has 0 aliphatic rings. The van der Waals surface area contributed by atoms with Crippen LogP contribution in [0, 0.1) is 0 Å². The molecule has 0 radical (unpaired) electrons. The minimum Gasteiger partial charge on any atom is -0.479 e. The maximum atomic E-state index is 11.3. The third-order valence-corrected chi connectivity index (χ3v) is 2.85. The number of rotatable bonds is 6. The number of carboxylic acids is 2.